The van der Waals surface area contributed by atoms with E-state index in [4.69, 9.17) is 0 Å². The van der Waals surface area contributed by atoms with Crippen molar-refractivity contribution in [3.63, 3.8) is 0 Å². The molecule has 0 aliphatic rings. The molecule has 100 valence electrons. The molecule has 1 aromatic rings. The largest absolute Gasteiger partial charge is 0.478 e. The fourth-order valence-corrected chi connectivity index (χ4v) is 1.83. The molecule has 0 spiro atoms. The molecule has 5 heteroatoms. The number of nitrogens with zero attached hydrogens (tertiary/aromatic N) is 3. The zero-order valence-electron chi connectivity index (χ0n) is 11.5. The van der Waals surface area contributed by atoms with E-state index in [2.05, 4.69) is 9.88 Å². The van der Waals surface area contributed by atoms with Crippen LogP contribution in [0.4, 0.5) is 5.82 Å². The number of aromatic carboxylic acids is 1. The second-order valence-corrected chi connectivity index (χ2v) is 4.71. The third-order valence-electron chi connectivity index (χ3n) is 2.81. The van der Waals surface area contributed by atoms with Gasteiger partial charge in [0.15, 0.2) is 0 Å². The van der Waals surface area contributed by atoms with Crippen molar-refractivity contribution >= 4 is 11.8 Å². The second-order valence-electron chi connectivity index (χ2n) is 4.71. The van der Waals surface area contributed by atoms with E-state index < -0.39 is 5.97 Å². The first kappa shape index (κ1) is 14.4. The molecular formula is C13H21N3O2. The first-order valence-corrected chi connectivity index (χ1v) is 5.98. The Balaban J connectivity index is 2.82. The topological polar surface area (TPSA) is 56.7 Å². The van der Waals surface area contributed by atoms with Gasteiger partial charge in [-0.05, 0) is 45.6 Å². The summed E-state index contributed by atoms with van der Waals surface area (Å²) in [5.41, 5.74) is 1.04. The number of aryl methyl sites for hydroxylation is 1. The number of anilines is 1. The molecule has 5 nitrogen and oxygen atoms in total. The van der Waals surface area contributed by atoms with Crippen molar-refractivity contribution in [1.29, 1.82) is 0 Å². The van der Waals surface area contributed by atoms with Gasteiger partial charge >= 0.3 is 5.97 Å². The molecule has 0 atom stereocenters. The Labute approximate surface area is 108 Å². The van der Waals surface area contributed by atoms with E-state index in [1.807, 2.05) is 26.0 Å². The van der Waals surface area contributed by atoms with Gasteiger partial charge in [0.05, 0.1) is 0 Å². The lowest BCUT2D eigenvalue weighted by molar-refractivity contribution is 0.0696. The molecule has 1 rings (SSSR count). The van der Waals surface area contributed by atoms with E-state index in [0.29, 0.717) is 11.4 Å². The molecule has 0 saturated carbocycles. The monoisotopic (exact) mass is 251 g/mol. The SMILES string of the molecule is Cc1ccnc(N(C)CCCN(C)C)c1C(=O)O. The molecule has 0 unspecified atom stereocenters. The normalized spacial score (nSPS) is 10.7. The fraction of sp³-hybridized carbons (Fsp3) is 0.538. The summed E-state index contributed by atoms with van der Waals surface area (Å²) in [6.07, 6.45) is 2.62. The van der Waals surface area contributed by atoms with Crippen LogP contribution in [0.1, 0.15) is 22.3 Å². The fourth-order valence-electron chi connectivity index (χ4n) is 1.83. The quantitative estimate of drug-likeness (QED) is 0.830. The summed E-state index contributed by atoms with van der Waals surface area (Å²) >= 11 is 0. The van der Waals surface area contributed by atoms with Crippen LogP contribution in [0.25, 0.3) is 0 Å². The first-order chi connectivity index (χ1) is 8.43. The third-order valence-corrected chi connectivity index (χ3v) is 2.81. The van der Waals surface area contributed by atoms with Crippen molar-refractivity contribution in [3.8, 4) is 0 Å². The second kappa shape index (κ2) is 6.35. The Morgan fingerprint density at radius 3 is 2.56 bits per heavy atom. The Morgan fingerprint density at radius 1 is 1.33 bits per heavy atom. The maximum absolute atomic E-state index is 11.3. The van der Waals surface area contributed by atoms with Crippen LogP contribution in [-0.2, 0) is 0 Å². The van der Waals surface area contributed by atoms with Gasteiger partial charge in [0.1, 0.15) is 11.4 Å². The minimum absolute atomic E-state index is 0.296. The standard InChI is InChI=1S/C13H21N3O2/c1-10-6-7-14-12(11(10)13(17)18)16(4)9-5-8-15(2)3/h6-7H,5,8-9H2,1-4H3,(H,17,18). The molecule has 0 fully saturated rings. The number of carboxylic acid groups (broad SMARTS) is 1. The number of hydrogen-bond donors (Lipinski definition) is 1. The molecule has 0 radical (unpaired) electrons. The average Bonchev–Trinajstić information content (AvgIpc) is 2.27. The summed E-state index contributed by atoms with van der Waals surface area (Å²) in [4.78, 5) is 19.5. The van der Waals surface area contributed by atoms with Crippen LogP contribution < -0.4 is 4.90 Å². The number of hydrogen-bond acceptors (Lipinski definition) is 4. The van der Waals surface area contributed by atoms with Crippen molar-refractivity contribution in [2.24, 2.45) is 0 Å². The molecule has 1 heterocycles. The number of carboxylic acids is 1. The Bertz CT molecular complexity index is 419. The first-order valence-electron chi connectivity index (χ1n) is 5.98. The Hall–Kier alpha value is -1.62. The smallest absolute Gasteiger partial charge is 0.339 e. The maximum atomic E-state index is 11.3. The number of pyridine rings is 1. The predicted octanol–water partition coefficient (Wildman–Crippen LogP) is 1.48. The van der Waals surface area contributed by atoms with Crippen LogP contribution >= 0.6 is 0 Å². The van der Waals surface area contributed by atoms with Crippen molar-refractivity contribution in [2.45, 2.75) is 13.3 Å². The highest BCUT2D eigenvalue weighted by Gasteiger charge is 2.17. The molecule has 0 aliphatic heterocycles. The van der Waals surface area contributed by atoms with Crippen LogP contribution in [0.15, 0.2) is 12.3 Å². The van der Waals surface area contributed by atoms with Crippen molar-refractivity contribution in [2.75, 3.05) is 39.1 Å². The van der Waals surface area contributed by atoms with E-state index in [0.717, 1.165) is 25.1 Å². The lowest BCUT2D eigenvalue weighted by Crippen LogP contribution is -2.26. The summed E-state index contributed by atoms with van der Waals surface area (Å²) in [6.45, 7) is 3.55. The highest BCUT2D eigenvalue weighted by molar-refractivity contribution is 5.94. The number of carbonyl (C=O) groups is 1. The Morgan fingerprint density at radius 2 is 2.00 bits per heavy atom. The maximum Gasteiger partial charge on any atom is 0.339 e. The third kappa shape index (κ3) is 3.70. The van der Waals surface area contributed by atoms with Gasteiger partial charge in [0, 0.05) is 19.8 Å². The highest BCUT2D eigenvalue weighted by atomic mass is 16.4. The lowest BCUT2D eigenvalue weighted by atomic mass is 10.1. The highest BCUT2D eigenvalue weighted by Crippen LogP contribution is 2.19. The van der Waals surface area contributed by atoms with Gasteiger partial charge in [-0.2, -0.15) is 0 Å². The molecule has 0 bridgehead atoms. The van der Waals surface area contributed by atoms with Gasteiger partial charge in [-0.3, -0.25) is 0 Å². The zero-order valence-corrected chi connectivity index (χ0v) is 11.5. The summed E-state index contributed by atoms with van der Waals surface area (Å²) in [7, 11) is 5.92. The summed E-state index contributed by atoms with van der Waals surface area (Å²) in [6, 6.07) is 1.72. The van der Waals surface area contributed by atoms with Gasteiger partial charge in [0.2, 0.25) is 0 Å². The minimum Gasteiger partial charge on any atom is -0.478 e. The van der Waals surface area contributed by atoms with Gasteiger partial charge < -0.3 is 14.9 Å². The van der Waals surface area contributed by atoms with Crippen molar-refractivity contribution in [3.05, 3.63) is 23.4 Å². The summed E-state index contributed by atoms with van der Waals surface area (Å²) < 4.78 is 0. The lowest BCUT2D eigenvalue weighted by Gasteiger charge is -2.21. The van der Waals surface area contributed by atoms with Gasteiger partial charge in [-0.1, -0.05) is 0 Å². The molecule has 18 heavy (non-hydrogen) atoms. The van der Waals surface area contributed by atoms with E-state index in [9.17, 15) is 9.90 Å². The molecule has 0 aliphatic carbocycles. The molecule has 0 aromatic carbocycles. The van der Waals surface area contributed by atoms with E-state index >= 15 is 0 Å². The van der Waals surface area contributed by atoms with Crippen LogP contribution in [0.2, 0.25) is 0 Å². The van der Waals surface area contributed by atoms with E-state index in [1.54, 1.807) is 19.2 Å². The molecule has 1 aromatic heterocycles. The van der Waals surface area contributed by atoms with Crippen LogP contribution in [0.5, 0.6) is 0 Å². The average molecular weight is 251 g/mol. The Kier molecular flexibility index (Phi) is 5.09. The van der Waals surface area contributed by atoms with Crippen LogP contribution in [0, 0.1) is 6.92 Å². The van der Waals surface area contributed by atoms with Gasteiger partial charge in [-0.25, -0.2) is 9.78 Å². The number of aromatic nitrogens is 1. The van der Waals surface area contributed by atoms with Gasteiger partial charge in [-0.15, -0.1) is 0 Å². The number of rotatable bonds is 6. The molecular weight excluding hydrogens is 230 g/mol. The molecule has 1 N–H and O–H groups in total. The van der Waals surface area contributed by atoms with Gasteiger partial charge in [0.25, 0.3) is 0 Å². The van der Waals surface area contributed by atoms with Crippen molar-refractivity contribution in [1.82, 2.24) is 9.88 Å². The van der Waals surface area contributed by atoms with E-state index in [-0.39, 0.29) is 0 Å². The van der Waals surface area contributed by atoms with Crippen LogP contribution in [-0.4, -0.2) is 55.2 Å². The zero-order chi connectivity index (χ0) is 13.7. The summed E-state index contributed by atoms with van der Waals surface area (Å²) in [5, 5.41) is 9.23. The van der Waals surface area contributed by atoms with E-state index in [1.165, 1.54) is 0 Å². The predicted molar refractivity (Wildman–Crippen MR) is 72.4 cm³/mol. The molecule has 0 amide bonds. The minimum atomic E-state index is -0.921. The van der Waals surface area contributed by atoms with Crippen molar-refractivity contribution < 1.29 is 9.90 Å². The molecule has 0 saturated heterocycles. The summed E-state index contributed by atoms with van der Waals surface area (Å²) in [5.74, 6) is -0.378. The van der Waals surface area contributed by atoms with Crippen LogP contribution in [0.3, 0.4) is 0 Å².